The Bertz CT molecular complexity index is 303. The number of hydrogen-bond donors (Lipinski definition) is 2. The Balaban J connectivity index is 2.52. The lowest BCUT2D eigenvalue weighted by Gasteiger charge is -2.29. The summed E-state index contributed by atoms with van der Waals surface area (Å²) < 4.78 is 4.89. The number of carboxylic acid groups (broad SMARTS) is 1. The highest BCUT2D eigenvalue weighted by atomic mass is 16.5. The van der Waals surface area contributed by atoms with Gasteiger partial charge in [-0.15, -0.1) is 0 Å². The van der Waals surface area contributed by atoms with Crippen LogP contribution in [0.3, 0.4) is 0 Å². The molecule has 1 rings (SSSR count). The van der Waals surface area contributed by atoms with E-state index in [1.165, 1.54) is 4.90 Å². The highest BCUT2D eigenvalue weighted by Gasteiger charge is 2.31. The molecule has 1 unspecified atom stereocenters. The van der Waals surface area contributed by atoms with Gasteiger partial charge < -0.3 is 20.1 Å². The Morgan fingerprint density at radius 2 is 2.00 bits per heavy atom. The van der Waals surface area contributed by atoms with Crippen LogP contribution in [-0.2, 0) is 9.53 Å². The van der Waals surface area contributed by atoms with Crippen LogP contribution in [0.2, 0.25) is 0 Å². The molecule has 6 nitrogen and oxygen atoms in total. The summed E-state index contributed by atoms with van der Waals surface area (Å²) in [7, 11) is 3.20. The number of amides is 2. The Morgan fingerprint density at radius 3 is 2.53 bits per heavy atom. The number of hydrogen-bond acceptors (Lipinski definition) is 3. The van der Waals surface area contributed by atoms with Gasteiger partial charge in [-0.25, -0.2) is 9.59 Å². The first-order chi connectivity index (χ1) is 9.06. The molecule has 0 saturated heterocycles. The predicted octanol–water partition coefficient (Wildman–Crippen LogP) is 1.31. The summed E-state index contributed by atoms with van der Waals surface area (Å²) in [6.45, 7) is 0.879. The number of carbonyl (C=O) groups is 2. The van der Waals surface area contributed by atoms with Gasteiger partial charge in [-0.05, 0) is 18.8 Å². The van der Waals surface area contributed by atoms with Crippen LogP contribution in [0.4, 0.5) is 4.79 Å². The van der Waals surface area contributed by atoms with Gasteiger partial charge in [0.05, 0.1) is 6.61 Å². The minimum atomic E-state index is -0.944. The molecule has 1 atom stereocenters. The Hall–Kier alpha value is -1.30. The average molecular weight is 272 g/mol. The van der Waals surface area contributed by atoms with Crippen molar-refractivity contribution in [1.29, 1.82) is 0 Å². The summed E-state index contributed by atoms with van der Waals surface area (Å²) in [4.78, 5) is 24.7. The van der Waals surface area contributed by atoms with Crippen molar-refractivity contribution in [3.8, 4) is 0 Å². The number of urea groups is 1. The van der Waals surface area contributed by atoms with Crippen LogP contribution in [0.15, 0.2) is 0 Å². The first-order valence-corrected chi connectivity index (χ1v) is 6.79. The molecule has 0 aromatic rings. The summed E-state index contributed by atoms with van der Waals surface area (Å²) in [6.07, 6.45) is 5.00. The van der Waals surface area contributed by atoms with Crippen molar-refractivity contribution in [3.05, 3.63) is 0 Å². The Morgan fingerprint density at radius 1 is 1.37 bits per heavy atom. The van der Waals surface area contributed by atoms with E-state index in [9.17, 15) is 14.7 Å². The molecule has 0 radical (unpaired) electrons. The molecule has 6 heteroatoms. The second-order valence-electron chi connectivity index (χ2n) is 5.08. The number of rotatable bonds is 6. The molecule has 1 aliphatic carbocycles. The second kappa shape index (κ2) is 7.99. The number of ether oxygens (including phenoxy) is 1. The van der Waals surface area contributed by atoms with Crippen molar-refractivity contribution in [1.82, 2.24) is 10.2 Å². The summed E-state index contributed by atoms with van der Waals surface area (Å²) in [6, 6.07) is -1.13. The Kier molecular flexibility index (Phi) is 6.62. The molecular formula is C13H24N2O4. The maximum atomic E-state index is 11.9. The molecule has 0 aliphatic heterocycles. The summed E-state index contributed by atoms with van der Waals surface area (Å²) >= 11 is 0. The summed E-state index contributed by atoms with van der Waals surface area (Å²) in [5, 5.41) is 11.9. The van der Waals surface area contributed by atoms with E-state index >= 15 is 0 Å². The van der Waals surface area contributed by atoms with Crippen molar-refractivity contribution < 1.29 is 19.4 Å². The number of nitrogens with one attached hydrogen (secondary N) is 1. The van der Waals surface area contributed by atoms with Gasteiger partial charge in [-0.3, -0.25) is 0 Å². The van der Waals surface area contributed by atoms with E-state index in [-0.39, 0.29) is 11.9 Å². The average Bonchev–Trinajstić information content (AvgIpc) is 2.42. The molecule has 110 valence electrons. The molecule has 2 amide bonds. The third-order valence-corrected chi connectivity index (χ3v) is 3.64. The number of methoxy groups -OCH3 is 1. The molecule has 0 heterocycles. The molecule has 1 saturated carbocycles. The lowest BCUT2D eigenvalue weighted by Crippen LogP contribution is -2.51. The molecule has 0 aromatic heterocycles. The standard InChI is InChI=1S/C13H24N2O4/c1-15(8-9-19-2)13(18)14-11(12(16)17)10-6-4-3-5-7-10/h10-11H,3-9H2,1-2H3,(H,14,18)(H,16,17). The van der Waals surface area contributed by atoms with Gasteiger partial charge >= 0.3 is 12.0 Å². The second-order valence-corrected chi connectivity index (χ2v) is 5.08. The van der Waals surface area contributed by atoms with Gasteiger partial charge in [0.25, 0.3) is 0 Å². The quantitative estimate of drug-likeness (QED) is 0.764. The fraction of sp³-hybridized carbons (Fsp3) is 0.846. The number of likely N-dealkylation sites (N-methyl/N-ethyl adjacent to an activating group) is 1. The van der Waals surface area contributed by atoms with Gasteiger partial charge in [0.2, 0.25) is 0 Å². The Labute approximate surface area is 114 Å². The van der Waals surface area contributed by atoms with Crippen LogP contribution in [0.1, 0.15) is 32.1 Å². The SMILES string of the molecule is COCCN(C)C(=O)NC(C(=O)O)C1CCCCC1. The minimum Gasteiger partial charge on any atom is -0.480 e. The van der Waals surface area contributed by atoms with E-state index in [2.05, 4.69) is 5.32 Å². The highest BCUT2D eigenvalue weighted by Crippen LogP contribution is 2.26. The first-order valence-electron chi connectivity index (χ1n) is 6.79. The van der Waals surface area contributed by atoms with E-state index in [0.717, 1.165) is 32.1 Å². The number of nitrogens with zero attached hydrogens (tertiary/aromatic N) is 1. The molecule has 1 aliphatic rings. The molecule has 1 fully saturated rings. The largest absolute Gasteiger partial charge is 0.480 e. The number of carbonyl (C=O) groups excluding carboxylic acids is 1. The molecule has 0 aromatic carbocycles. The first kappa shape index (κ1) is 15.8. The molecular weight excluding hydrogens is 248 g/mol. The minimum absolute atomic E-state index is 0.0472. The monoisotopic (exact) mass is 272 g/mol. The van der Waals surface area contributed by atoms with Gasteiger partial charge in [0.15, 0.2) is 0 Å². The predicted molar refractivity (Wildman–Crippen MR) is 71.0 cm³/mol. The van der Waals surface area contributed by atoms with Gasteiger partial charge in [-0.1, -0.05) is 19.3 Å². The zero-order chi connectivity index (χ0) is 14.3. The van der Waals surface area contributed by atoms with E-state index in [1.54, 1.807) is 14.2 Å². The van der Waals surface area contributed by atoms with Gasteiger partial charge in [0.1, 0.15) is 6.04 Å². The van der Waals surface area contributed by atoms with Crippen LogP contribution in [0, 0.1) is 5.92 Å². The van der Waals surface area contributed by atoms with Crippen LogP contribution in [-0.4, -0.2) is 55.4 Å². The van der Waals surface area contributed by atoms with Crippen molar-refractivity contribution >= 4 is 12.0 Å². The zero-order valence-corrected chi connectivity index (χ0v) is 11.7. The van der Waals surface area contributed by atoms with Crippen LogP contribution < -0.4 is 5.32 Å². The van der Waals surface area contributed by atoms with E-state index in [0.29, 0.717) is 13.2 Å². The fourth-order valence-electron chi connectivity index (χ4n) is 2.42. The van der Waals surface area contributed by atoms with Crippen molar-refractivity contribution in [2.75, 3.05) is 27.3 Å². The van der Waals surface area contributed by atoms with Crippen LogP contribution in [0.25, 0.3) is 0 Å². The smallest absolute Gasteiger partial charge is 0.326 e. The summed E-state index contributed by atoms with van der Waals surface area (Å²) in [5.41, 5.74) is 0. The maximum Gasteiger partial charge on any atom is 0.326 e. The zero-order valence-electron chi connectivity index (χ0n) is 11.7. The van der Waals surface area contributed by atoms with Crippen molar-refractivity contribution in [2.45, 2.75) is 38.1 Å². The molecule has 0 spiro atoms. The highest BCUT2D eigenvalue weighted by molar-refractivity contribution is 5.82. The van der Waals surface area contributed by atoms with E-state index < -0.39 is 12.0 Å². The number of aliphatic carboxylic acids is 1. The van der Waals surface area contributed by atoms with E-state index in [4.69, 9.17) is 4.74 Å². The van der Waals surface area contributed by atoms with Crippen molar-refractivity contribution in [2.24, 2.45) is 5.92 Å². The molecule has 0 bridgehead atoms. The van der Waals surface area contributed by atoms with Gasteiger partial charge in [-0.2, -0.15) is 0 Å². The summed E-state index contributed by atoms with van der Waals surface area (Å²) in [5.74, 6) is -0.897. The fourth-order valence-corrected chi connectivity index (χ4v) is 2.42. The molecule has 2 N–H and O–H groups in total. The van der Waals surface area contributed by atoms with Gasteiger partial charge in [0, 0.05) is 20.7 Å². The third kappa shape index (κ3) is 5.06. The topological polar surface area (TPSA) is 78.9 Å². The maximum absolute atomic E-state index is 11.9. The lowest BCUT2D eigenvalue weighted by atomic mass is 9.84. The van der Waals surface area contributed by atoms with Crippen LogP contribution >= 0.6 is 0 Å². The van der Waals surface area contributed by atoms with Crippen LogP contribution in [0.5, 0.6) is 0 Å². The number of carboxylic acids is 1. The lowest BCUT2D eigenvalue weighted by molar-refractivity contribution is -0.141. The van der Waals surface area contributed by atoms with E-state index in [1.807, 2.05) is 0 Å². The van der Waals surface area contributed by atoms with Crippen molar-refractivity contribution in [3.63, 3.8) is 0 Å². The normalized spacial score (nSPS) is 17.8. The third-order valence-electron chi connectivity index (χ3n) is 3.64. The molecule has 19 heavy (non-hydrogen) atoms.